The van der Waals surface area contributed by atoms with Gasteiger partial charge in [0.1, 0.15) is 4.92 Å². The number of fused-ring (bicyclic) bond motifs is 1. The minimum absolute atomic E-state index is 0.150. The first kappa shape index (κ1) is 16.1. The van der Waals surface area contributed by atoms with Gasteiger partial charge in [0, 0.05) is 24.1 Å². The van der Waals surface area contributed by atoms with Gasteiger partial charge in [-0.05, 0) is 12.1 Å². The molecule has 0 aliphatic carbocycles. The Labute approximate surface area is 140 Å². The maximum Gasteiger partial charge on any atom is 0.433 e. The number of rotatable bonds is 4. The van der Waals surface area contributed by atoms with Crippen LogP contribution in [0.1, 0.15) is 27.8 Å². The number of furan rings is 1. The Morgan fingerprint density at radius 2 is 2.04 bits per heavy atom. The van der Waals surface area contributed by atoms with Gasteiger partial charge in [-0.2, -0.15) is 5.10 Å². The number of aromatic nitrogens is 1. The largest absolute Gasteiger partial charge is 0.433 e. The van der Waals surface area contributed by atoms with Gasteiger partial charge in [0.2, 0.25) is 11.7 Å². The first-order valence-electron chi connectivity index (χ1n) is 7.16. The van der Waals surface area contributed by atoms with E-state index in [-0.39, 0.29) is 11.7 Å². The molecule has 0 bridgehead atoms. The number of nitrogens with zero attached hydrogens (tertiary/aromatic N) is 3. The SMILES string of the molecule is CC(=O)n1cc(C=NNC(=O)c2ccc([N+](=O)[O-])o2)c2ccccc21. The predicted molar refractivity (Wildman–Crippen MR) is 88.7 cm³/mol. The highest BCUT2D eigenvalue weighted by Gasteiger charge is 2.16. The summed E-state index contributed by atoms with van der Waals surface area (Å²) in [6, 6.07) is 9.53. The number of nitrogens with one attached hydrogen (secondary N) is 1. The number of carbonyl (C=O) groups excluding carboxylic acids is 2. The van der Waals surface area contributed by atoms with Gasteiger partial charge in [0.05, 0.1) is 17.8 Å². The lowest BCUT2D eigenvalue weighted by molar-refractivity contribution is -0.402. The molecule has 1 N–H and O–H groups in total. The number of hydrogen-bond acceptors (Lipinski definition) is 6. The van der Waals surface area contributed by atoms with E-state index >= 15 is 0 Å². The quantitative estimate of drug-likeness (QED) is 0.444. The number of benzene rings is 1. The van der Waals surface area contributed by atoms with Gasteiger partial charge in [-0.15, -0.1) is 0 Å². The molecular formula is C16H12N4O5. The van der Waals surface area contributed by atoms with E-state index in [0.717, 1.165) is 17.0 Å². The van der Waals surface area contributed by atoms with E-state index in [1.807, 2.05) is 18.2 Å². The van der Waals surface area contributed by atoms with Crippen molar-refractivity contribution in [2.75, 3.05) is 0 Å². The van der Waals surface area contributed by atoms with Gasteiger partial charge in [0.25, 0.3) is 0 Å². The molecule has 2 aromatic heterocycles. The number of carbonyl (C=O) groups is 2. The van der Waals surface area contributed by atoms with Gasteiger partial charge < -0.3 is 4.42 Å². The molecule has 0 saturated carbocycles. The molecule has 126 valence electrons. The first-order valence-corrected chi connectivity index (χ1v) is 7.16. The second-order valence-corrected chi connectivity index (χ2v) is 5.08. The molecule has 1 aromatic carbocycles. The molecule has 0 aliphatic rings. The van der Waals surface area contributed by atoms with Crippen molar-refractivity contribution in [1.82, 2.24) is 9.99 Å². The molecule has 9 heteroatoms. The van der Waals surface area contributed by atoms with Gasteiger partial charge in [-0.25, -0.2) is 5.43 Å². The van der Waals surface area contributed by atoms with Crippen molar-refractivity contribution >= 4 is 34.8 Å². The smallest absolute Gasteiger partial charge is 0.395 e. The zero-order valence-electron chi connectivity index (χ0n) is 13.0. The molecule has 0 spiro atoms. The molecule has 0 aliphatic heterocycles. The van der Waals surface area contributed by atoms with E-state index < -0.39 is 16.7 Å². The van der Waals surface area contributed by atoms with E-state index in [0.29, 0.717) is 5.56 Å². The third-order valence-electron chi connectivity index (χ3n) is 3.45. The van der Waals surface area contributed by atoms with Crippen LogP contribution in [0, 0.1) is 10.1 Å². The van der Waals surface area contributed by atoms with Gasteiger partial charge >= 0.3 is 11.8 Å². The Kier molecular flexibility index (Phi) is 4.12. The summed E-state index contributed by atoms with van der Waals surface area (Å²) in [5, 5.41) is 15.1. The number of para-hydroxylation sites is 1. The minimum Gasteiger partial charge on any atom is -0.395 e. The van der Waals surface area contributed by atoms with Crippen LogP contribution in [0.25, 0.3) is 10.9 Å². The standard InChI is InChI=1S/C16H12N4O5/c1-10(21)19-9-11(12-4-2-3-5-13(12)19)8-17-18-16(22)14-6-7-15(25-14)20(23)24/h2-9H,1H3,(H,18,22). The summed E-state index contributed by atoms with van der Waals surface area (Å²) in [6.45, 7) is 1.44. The van der Waals surface area contributed by atoms with Crippen molar-refractivity contribution in [2.45, 2.75) is 6.92 Å². The van der Waals surface area contributed by atoms with Crippen LogP contribution < -0.4 is 5.43 Å². The highest BCUT2D eigenvalue weighted by atomic mass is 16.6. The second kappa shape index (κ2) is 6.40. The Balaban J connectivity index is 1.80. The molecule has 2 heterocycles. The van der Waals surface area contributed by atoms with E-state index in [4.69, 9.17) is 4.42 Å². The van der Waals surface area contributed by atoms with Crippen LogP contribution >= 0.6 is 0 Å². The normalized spacial score (nSPS) is 11.1. The van der Waals surface area contributed by atoms with Crippen molar-refractivity contribution in [3.63, 3.8) is 0 Å². The van der Waals surface area contributed by atoms with E-state index in [9.17, 15) is 19.7 Å². The number of amides is 1. The number of hydrazone groups is 1. The van der Waals surface area contributed by atoms with Gasteiger partial charge in [0.15, 0.2) is 0 Å². The topological polar surface area (TPSA) is 120 Å². The monoisotopic (exact) mass is 340 g/mol. The van der Waals surface area contributed by atoms with Crippen molar-refractivity contribution < 1.29 is 18.9 Å². The first-order chi connectivity index (χ1) is 12.0. The number of hydrogen-bond donors (Lipinski definition) is 1. The lowest BCUT2D eigenvalue weighted by Gasteiger charge is -1.96. The third-order valence-corrected chi connectivity index (χ3v) is 3.45. The molecule has 0 fully saturated rings. The Morgan fingerprint density at radius 3 is 2.72 bits per heavy atom. The summed E-state index contributed by atoms with van der Waals surface area (Å²) < 4.78 is 6.26. The minimum atomic E-state index is -0.739. The summed E-state index contributed by atoms with van der Waals surface area (Å²) in [5.74, 6) is -1.63. The zero-order valence-corrected chi connectivity index (χ0v) is 13.0. The van der Waals surface area contributed by atoms with Gasteiger partial charge in [-0.1, -0.05) is 18.2 Å². The highest BCUT2D eigenvalue weighted by Crippen LogP contribution is 2.20. The summed E-state index contributed by atoms with van der Waals surface area (Å²) in [4.78, 5) is 33.3. The summed E-state index contributed by atoms with van der Waals surface area (Å²) in [6.07, 6.45) is 3.00. The maximum atomic E-state index is 11.8. The molecule has 3 aromatic rings. The zero-order chi connectivity index (χ0) is 18.0. The van der Waals surface area contributed by atoms with Gasteiger partial charge in [-0.3, -0.25) is 24.3 Å². The summed E-state index contributed by atoms with van der Waals surface area (Å²) in [5.41, 5.74) is 3.58. The molecule has 9 nitrogen and oxygen atoms in total. The van der Waals surface area contributed by atoms with E-state index in [1.165, 1.54) is 23.8 Å². The van der Waals surface area contributed by atoms with Crippen molar-refractivity contribution in [1.29, 1.82) is 0 Å². The van der Waals surface area contributed by atoms with Crippen LogP contribution in [0.3, 0.4) is 0 Å². The predicted octanol–water partition coefficient (Wildman–Crippen LogP) is 2.57. The van der Waals surface area contributed by atoms with Crippen LogP contribution in [0.5, 0.6) is 0 Å². The highest BCUT2D eigenvalue weighted by molar-refractivity contribution is 6.03. The van der Waals surface area contributed by atoms with Crippen molar-refractivity contribution in [2.24, 2.45) is 5.10 Å². The Bertz CT molecular complexity index is 1010. The molecular weight excluding hydrogens is 328 g/mol. The average molecular weight is 340 g/mol. The lowest BCUT2D eigenvalue weighted by atomic mass is 10.2. The molecule has 3 rings (SSSR count). The molecule has 1 amide bonds. The average Bonchev–Trinajstić information content (AvgIpc) is 3.20. The van der Waals surface area contributed by atoms with Crippen molar-refractivity contribution in [3.05, 3.63) is 64.0 Å². The molecule has 25 heavy (non-hydrogen) atoms. The Morgan fingerprint density at radius 1 is 1.28 bits per heavy atom. The molecule has 0 atom stereocenters. The fraction of sp³-hybridized carbons (Fsp3) is 0.0625. The Hall–Kier alpha value is -3.75. The van der Waals surface area contributed by atoms with Crippen LogP contribution in [0.15, 0.2) is 52.1 Å². The van der Waals surface area contributed by atoms with Crippen LogP contribution in [-0.2, 0) is 0 Å². The lowest BCUT2D eigenvalue weighted by Crippen LogP contribution is -2.16. The maximum absolute atomic E-state index is 11.8. The molecule has 0 saturated heterocycles. The molecule has 0 unspecified atom stereocenters. The number of nitro groups is 1. The van der Waals surface area contributed by atoms with E-state index in [2.05, 4.69) is 10.5 Å². The van der Waals surface area contributed by atoms with Crippen LogP contribution in [0.2, 0.25) is 0 Å². The summed E-state index contributed by atoms with van der Waals surface area (Å²) >= 11 is 0. The molecule has 0 radical (unpaired) electrons. The van der Waals surface area contributed by atoms with Crippen molar-refractivity contribution in [3.8, 4) is 0 Å². The summed E-state index contributed by atoms with van der Waals surface area (Å²) in [7, 11) is 0. The fourth-order valence-electron chi connectivity index (χ4n) is 2.33. The third kappa shape index (κ3) is 3.15. The fourth-order valence-corrected chi connectivity index (χ4v) is 2.33. The van der Waals surface area contributed by atoms with Crippen LogP contribution in [-0.4, -0.2) is 27.5 Å². The van der Waals surface area contributed by atoms with Crippen LogP contribution in [0.4, 0.5) is 5.88 Å². The van der Waals surface area contributed by atoms with E-state index in [1.54, 1.807) is 12.3 Å². The second-order valence-electron chi connectivity index (χ2n) is 5.08.